The number of likely N-dealkylation sites (tertiary alicyclic amines) is 1. The molecule has 0 aromatic rings. The van der Waals surface area contributed by atoms with E-state index in [1.165, 1.54) is 58.3 Å². The van der Waals surface area contributed by atoms with E-state index in [2.05, 4.69) is 44.8 Å². The van der Waals surface area contributed by atoms with E-state index in [4.69, 9.17) is 0 Å². The monoisotopic (exact) mass is 282 g/mol. The molecular formula is C18H38N2. The molecule has 1 rings (SSSR count). The van der Waals surface area contributed by atoms with Crippen LogP contribution in [0.15, 0.2) is 0 Å². The van der Waals surface area contributed by atoms with Gasteiger partial charge < -0.3 is 10.2 Å². The summed E-state index contributed by atoms with van der Waals surface area (Å²) in [5, 5.41) is 3.69. The summed E-state index contributed by atoms with van der Waals surface area (Å²) in [7, 11) is 0. The maximum absolute atomic E-state index is 3.69. The minimum atomic E-state index is 0.447. The molecule has 1 N–H and O–H groups in total. The van der Waals surface area contributed by atoms with Crippen LogP contribution in [-0.2, 0) is 0 Å². The third-order valence-electron chi connectivity index (χ3n) is 4.85. The number of piperidine rings is 1. The smallest absolute Gasteiger partial charge is 0.00475 e. The lowest BCUT2D eigenvalue weighted by Gasteiger charge is -2.39. The van der Waals surface area contributed by atoms with Crippen molar-refractivity contribution in [3.63, 3.8) is 0 Å². The van der Waals surface area contributed by atoms with Gasteiger partial charge in [-0.05, 0) is 56.1 Å². The Hall–Kier alpha value is -0.0800. The lowest BCUT2D eigenvalue weighted by Crippen LogP contribution is -2.45. The fraction of sp³-hybridized carbons (Fsp3) is 1.00. The van der Waals surface area contributed by atoms with Gasteiger partial charge in [0.25, 0.3) is 0 Å². The highest BCUT2D eigenvalue weighted by Crippen LogP contribution is 2.27. The summed E-state index contributed by atoms with van der Waals surface area (Å²) >= 11 is 0. The Morgan fingerprint density at radius 1 is 1.20 bits per heavy atom. The summed E-state index contributed by atoms with van der Waals surface area (Å²) in [4.78, 5) is 2.72. The summed E-state index contributed by atoms with van der Waals surface area (Å²) in [6.45, 7) is 18.0. The van der Waals surface area contributed by atoms with E-state index < -0.39 is 0 Å². The quantitative estimate of drug-likeness (QED) is 0.683. The molecule has 1 saturated heterocycles. The zero-order valence-electron chi connectivity index (χ0n) is 14.7. The first-order valence-corrected chi connectivity index (χ1v) is 8.92. The van der Waals surface area contributed by atoms with Gasteiger partial charge in [0.15, 0.2) is 0 Å². The van der Waals surface area contributed by atoms with Crippen LogP contribution < -0.4 is 5.32 Å². The van der Waals surface area contributed by atoms with Gasteiger partial charge in [0.2, 0.25) is 0 Å². The first kappa shape index (κ1) is 18.0. The number of hydrogen-bond acceptors (Lipinski definition) is 2. The van der Waals surface area contributed by atoms with Crippen LogP contribution >= 0.6 is 0 Å². The predicted molar refractivity (Wildman–Crippen MR) is 90.2 cm³/mol. The summed E-state index contributed by atoms with van der Waals surface area (Å²) in [5.41, 5.74) is 0.447. The second-order valence-electron chi connectivity index (χ2n) is 7.71. The van der Waals surface area contributed by atoms with Crippen molar-refractivity contribution in [2.75, 3.05) is 32.7 Å². The molecule has 0 bridgehead atoms. The fourth-order valence-electron chi connectivity index (χ4n) is 3.58. The lowest BCUT2D eigenvalue weighted by atomic mass is 9.83. The second-order valence-corrected chi connectivity index (χ2v) is 7.71. The molecule has 0 saturated carbocycles. The van der Waals surface area contributed by atoms with Gasteiger partial charge in [0, 0.05) is 13.1 Å². The van der Waals surface area contributed by atoms with Crippen LogP contribution in [0.1, 0.15) is 66.7 Å². The Labute approximate surface area is 127 Å². The van der Waals surface area contributed by atoms with E-state index in [0.717, 1.165) is 18.4 Å². The highest BCUT2D eigenvalue weighted by Gasteiger charge is 2.28. The molecule has 0 aromatic carbocycles. The molecule has 1 aliphatic rings. The maximum Gasteiger partial charge on any atom is 0.00475 e. The minimum Gasteiger partial charge on any atom is -0.316 e. The van der Waals surface area contributed by atoms with Crippen molar-refractivity contribution in [2.24, 2.45) is 17.3 Å². The Bertz CT molecular complexity index is 244. The largest absolute Gasteiger partial charge is 0.316 e. The topological polar surface area (TPSA) is 15.3 Å². The molecule has 1 aliphatic heterocycles. The molecule has 1 atom stereocenters. The predicted octanol–water partition coefficient (Wildman–Crippen LogP) is 4.16. The molecule has 1 heterocycles. The van der Waals surface area contributed by atoms with Gasteiger partial charge in [-0.1, -0.05) is 47.5 Å². The van der Waals surface area contributed by atoms with Crippen LogP contribution in [0.4, 0.5) is 0 Å². The summed E-state index contributed by atoms with van der Waals surface area (Å²) in [6, 6.07) is 0. The molecule has 120 valence electrons. The second kappa shape index (κ2) is 9.04. The van der Waals surface area contributed by atoms with E-state index in [1.54, 1.807) is 0 Å². The molecular weight excluding hydrogens is 244 g/mol. The number of nitrogens with one attached hydrogen (secondary N) is 1. The normalized spacial score (nSPS) is 21.3. The van der Waals surface area contributed by atoms with Gasteiger partial charge in [-0.2, -0.15) is 0 Å². The standard InChI is InChI=1S/C18H38N2/c1-6-10-18(5,14-19-13-16(3)4)15-20-11-8-17(7-2)9-12-20/h16-17,19H,6-15H2,1-5H3. The van der Waals surface area contributed by atoms with Gasteiger partial charge in [-0.3, -0.25) is 0 Å². The van der Waals surface area contributed by atoms with Crippen molar-refractivity contribution in [3.8, 4) is 0 Å². The van der Waals surface area contributed by atoms with E-state index in [1.807, 2.05) is 0 Å². The van der Waals surface area contributed by atoms with Crippen molar-refractivity contribution in [1.82, 2.24) is 10.2 Å². The van der Waals surface area contributed by atoms with Crippen molar-refractivity contribution < 1.29 is 0 Å². The Kier molecular flexibility index (Phi) is 8.13. The van der Waals surface area contributed by atoms with E-state index in [0.29, 0.717) is 5.41 Å². The fourth-order valence-corrected chi connectivity index (χ4v) is 3.58. The number of rotatable bonds is 9. The summed E-state index contributed by atoms with van der Waals surface area (Å²) in [5.74, 6) is 1.74. The molecule has 20 heavy (non-hydrogen) atoms. The molecule has 1 unspecified atom stereocenters. The summed E-state index contributed by atoms with van der Waals surface area (Å²) < 4.78 is 0. The SMILES string of the molecule is CCCC(C)(CNCC(C)C)CN1CCC(CC)CC1. The average molecular weight is 283 g/mol. The highest BCUT2D eigenvalue weighted by atomic mass is 15.1. The van der Waals surface area contributed by atoms with Gasteiger partial charge in [-0.25, -0.2) is 0 Å². The molecule has 0 aliphatic carbocycles. The van der Waals surface area contributed by atoms with E-state index in [-0.39, 0.29) is 0 Å². The third-order valence-corrected chi connectivity index (χ3v) is 4.85. The van der Waals surface area contributed by atoms with Crippen LogP contribution in [-0.4, -0.2) is 37.6 Å². The Balaban J connectivity index is 2.40. The van der Waals surface area contributed by atoms with Crippen LogP contribution in [0, 0.1) is 17.3 Å². The molecule has 0 amide bonds. The Morgan fingerprint density at radius 3 is 2.35 bits per heavy atom. The van der Waals surface area contributed by atoms with Crippen LogP contribution in [0.25, 0.3) is 0 Å². The number of nitrogens with zero attached hydrogens (tertiary/aromatic N) is 1. The highest BCUT2D eigenvalue weighted by molar-refractivity contribution is 4.83. The first-order chi connectivity index (χ1) is 9.49. The summed E-state index contributed by atoms with van der Waals surface area (Å²) in [6.07, 6.45) is 6.84. The van der Waals surface area contributed by atoms with Crippen LogP contribution in [0.5, 0.6) is 0 Å². The molecule has 2 nitrogen and oxygen atoms in total. The van der Waals surface area contributed by atoms with Crippen molar-refractivity contribution in [3.05, 3.63) is 0 Å². The van der Waals surface area contributed by atoms with Crippen molar-refractivity contribution >= 4 is 0 Å². The molecule has 2 heteroatoms. The Morgan fingerprint density at radius 2 is 1.85 bits per heavy atom. The molecule has 1 fully saturated rings. The zero-order valence-corrected chi connectivity index (χ0v) is 14.7. The zero-order chi connectivity index (χ0) is 15.0. The number of hydrogen-bond donors (Lipinski definition) is 1. The first-order valence-electron chi connectivity index (χ1n) is 8.92. The van der Waals surface area contributed by atoms with Gasteiger partial charge in [0.05, 0.1) is 0 Å². The molecule has 0 spiro atoms. The van der Waals surface area contributed by atoms with Gasteiger partial charge in [0.1, 0.15) is 0 Å². The molecule has 0 radical (unpaired) electrons. The van der Waals surface area contributed by atoms with Crippen LogP contribution in [0.3, 0.4) is 0 Å². The van der Waals surface area contributed by atoms with Gasteiger partial charge >= 0.3 is 0 Å². The van der Waals surface area contributed by atoms with E-state index in [9.17, 15) is 0 Å². The van der Waals surface area contributed by atoms with Crippen molar-refractivity contribution in [1.29, 1.82) is 0 Å². The van der Waals surface area contributed by atoms with E-state index >= 15 is 0 Å². The van der Waals surface area contributed by atoms with Gasteiger partial charge in [-0.15, -0.1) is 0 Å². The third kappa shape index (κ3) is 6.58. The lowest BCUT2D eigenvalue weighted by molar-refractivity contribution is 0.109. The minimum absolute atomic E-state index is 0.447. The molecule has 0 aromatic heterocycles. The van der Waals surface area contributed by atoms with Crippen molar-refractivity contribution in [2.45, 2.75) is 66.7 Å². The average Bonchev–Trinajstić information content (AvgIpc) is 2.39. The maximum atomic E-state index is 3.69. The van der Waals surface area contributed by atoms with Crippen LogP contribution in [0.2, 0.25) is 0 Å².